The van der Waals surface area contributed by atoms with Gasteiger partial charge in [-0.25, -0.2) is 9.13 Å². The maximum atomic E-state index is 13.0. The number of aliphatic hydroxyl groups excluding tert-OH is 1. The van der Waals surface area contributed by atoms with Crippen LogP contribution < -0.4 is 0 Å². The van der Waals surface area contributed by atoms with E-state index in [2.05, 4.69) is 34.6 Å². The number of ether oxygens (including phenoxy) is 4. The summed E-state index contributed by atoms with van der Waals surface area (Å²) in [6.45, 7) is 7.31. The van der Waals surface area contributed by atoms with E-state index < -0.39 is 97.5 Å². The van der Waals surface area contributed by atoms with Crippen molar-refractivity contribution in [1.82, 2.24) is 0 Å². The number of phosphoric acid groups is 2. The molecule has 0 fully saturated rings. The molecule has 0 aliphatic rings. The molecule has 0 saturated heterocycles. The van der Waals surface area contributed by atoms with Crippen LogP contribution in [0, 0.1) is 5.92 Å². The van der Waals surface area contributed by atoms with Crippen LogP contribution in [-0.4, -0.2) is 96.7 Å². The van der Waals surface area contributed by atoms with E-state index in [4.69, 9.17) is 37.0 Å². The zero-order chi connectivity index (χ0) is 67.0. The van der Waals surface area contributed by atoms with Gasteiger partial charge >= 0.3 is 39.5 Å². The largest absolute Gasteiger partial charge is 0.472 e. The van der Waals surface area contributed by atoms with E-state index in [1.54, 1.807) is 0 Å². The fourth-order valence-corrected chi connectivity index (χ4v) is 12.5. The first-order chi connectivity index (χ1) is 44.1. The molecule has 19 heteroatoms. The topological polar surface area (TPSA) is 237 Å². The van der Waals surface area contributed by atoms with Gasteiger partial charge < -0.3 is 33.8 Å². The van der Waals surface area contributed by atoms with E-state index in [-0.39, 0.29) is 25.7 Å². The molecule has 0 radical (unpaired) electrons. The molecule has 3 N–H and O–H groups in total. The van der Waals surface area contributed by atoms with Crippen LogP contribution in [-0.2, 0) is 65.4 Å². The summed E-state index contributed by atoms with van der Waals surface area (Å²) in [5.41, 5.74) is 0. The van der Waals surface area contributed by atoms with Crippen molar-refractivity contribution in [2.24, 2.45) is 5.92 Å². The van der Waals surface area contributed by atoms with Gasteiger partial charge in [0, 0.05) is 25.7 Å². The van der Waals surface area contributed by atoms with Gasteiger partial charge in [-0.3, -0.25) is 37.3 Å². The minimum atomic E-state index is -4.95. The van der Waals surface area contributed by atoms with E-state index >= 15 is 0 Å². The van der Waals surface area contributed by atoms with Crippen LogP contribution in [0.25, 0.3) is 0 Å². The molecule has 17 nitrogen and oxygen atoms in total. The molecule has 0 saturated carbocycles. The highest BCUT2D eigenvalue weighted by molar-refractivity contribution is 7.47. The van der Waals surface area contributed by atoms with Crippen LogP contribution in [0.3, 0.4) is 0 Å². The lowest BCUT2D eigenvalue weighted by molar-refractivity contribution is -0.161. The van der Waals surface area contributed by atoms with E-state index in [1.165, 1.54) is 199 Å². The van der Waals surface area contributed by atoms with Crippen molar-refractivity contribution in [3.05, 3.63) is 0 Å². The van der Waals surface area contributed by atoms with Crippen LogP contribution in [0.1, 0.15) is 375 Å². The summed E-state index contributed by atoms with van der Waals surface area (Å²) in [6.07, 6.45) is 52.5. The summed E-state index contributed by atoms with van der Waals surface area (Å²) in [7, 11) is -9.90. The smallest absolute Gasteiger partial charge is 0.462 e. The molecule has 0 aromatic carbocycles. The second kappa shape index (κ2) is 65.4. The normalized spacial score (nSPS) is 14.3. The second-order valence-corrected chi connectivity index (χ2v) is 29.1. The Hall–Kier alpha value is -1.94. The van der Waals surface area contributed by atoms with Crippen molar-refractivity contribution >= 4 is 39.5 Å². The van der Waals surface area contributed by atoms with Crippen molar-refractivity contribution in [1.29, 1.82) is 0 Å². The Morgan fingerprint density at radius 3 is 0.780 bits per heavy atom. The van der Waals surface area contributed by atoms with Gasteiger partial charge in [0.25, 0.3) is 0 Å². The molecular formula is C72H140O17P2. The third kappa shape index (κ3) is 65.1. The lowest BCUT2D eigenvalue weighted by atomic mass is 9.99. The number of esters is 4. The number of carbonyl (C=O) groups excluding carboxylic acids is 4. The maximum absolute atomic E-state index is 13.0. The predicted molar refractivity (Wildman–Crippen MR) is 368 cm³/mol. The molecule has 3 unspecified atom stereocenters. The van der Waals surface area contributed by atoms with Gasteiger partial charge in [0.1, 0.15) is 19.3 Å². The summed E-state index contributed by atoms with van der Waals surface area (Å²) in [4.78, 5) is 72.6. The Kier molecular flexibility index (Phi) is 64.0. The first-order valence-electron chi connectivity index (χ1n) is 37.7. The van der Waals surface area contributed by atoms with Gasteiger partial charge in [-0.05, 0) is 31.6 Å². The van der Waals surface area contributed by atoms with Gasteiger partial charge in [0.15, 0.2) is 12.2 Å². The van der Waals surface area contributed by atoms with Crippen molar-refractivity contribution in [2.45, 2.75) is 393 Å². The van der Waals surface area contributed by atoms with E-state index in [9.17, 15) is 43.2 Å². The van der Waals surface area contributed by atoms with Gasteiger partial charge in [-0.15, -0.1) is 0 Å². The fourth-order valence-electron chi connectivity index (χ4n) is 11.0. The fraction of sp³-hybridized carbons (Fsp3) is 0.944. The minimum Gasteiger partial charge on any atom is -0.462 e. The molecule has 0 spiro atoms. The lowest BCUT2D eigenvalue weighted by Gasteiger charge is -2.21. The number of carbonyl (C=O) groups is 4. The minimum absolute atomic E-state index is 0.107. The van der Waals surface area contributed by atoms with Gasteiger partial charge in [0.05, 0.1) is 26.4 Å². The number of phosphoric ester groups is 2. The number of hydrogen-bond acceptors (Lipinski definition) is 15. The van der Waals surface area contributed by atoms with Crippen LogP contribution in [0.5, 0.6) is 0 Å². The standard InChI is InChI=1S/C72H140O17P2/c1-6-10-13-16-19-22-29-35-40-45-50-55-69(74)82-61-67(88-71(76)57-52-47-42-37-31-24-21-18-15-12-8-3)63-86-90(78,79)84-59-66(73)60-85-91(80,81)87-64-68(62-83-70(75)56-51-46-41-36-30-23-20-17-14-11-7-2)89-72(77)58-53-48-43-38-33-28-26-25-27-32-34-39-44-49-54-65(5)9-4/h65-68,73H,6-64H2,1-5H3,(H,78,79)(H,80,81)/t65?,66-,67+,68+/m0/s1. The molecule has 540 valence electrons. The van der Waals surface area contributed by atoms with Gasteiger partial charge in [0.2, 0.25) is 0 Å². The van der Waals surface area contributed by atoms with Crippen molar-refractivity contribution in [3.63, 3.8) is 0 Å². The van der Waals surface area contributed by atoms with Crippen molar-refractivity contribution < 1.29 is 80.2 Å². The Labute approximate surface area is 556 Å². The first-order valence-corrected chi connectivity index (χ1v) is 40.7. The van der Waals surface area contributed by atoms with Crippen molar-refractivity contribution in [3.8, 4) is 0 Å². The second-order valence-electron chi connectivity index (χ2n) is 26.2. The van der Waals surface area contributed by atoms with E-state index in [1.807, 2.05) is 0 Å². The SMILES string of the molecule is CCCCCCCCCCCCCC(=O)OC[C@H](COP(=O)(O)OC[C@H](O)COP(=O)(O)OC[C@@H](COC(=O)CCCCCCCCCCCCC)OC(=O)CCCCCCCCCCCCCCCCC(C)CC)OC(=O)CCCCCCCCCCCCC. The summed E-state index contributed by atoms with van der Waals surface area (Å²) in [5.74, 6) is -1.27. The van der Waals surface area contributed by atoms with Crippen LogP contribution in [0.15, 0.2) is 0 Å². The number of aliphatic hydroxyl groups is 1. The summed E-state index contributed by atoms with van der Waals surface area (Å²) < 4.78 is 68.3. The maximum Gasteiger partial charge on any atom is 0.472 e. The zero-order valence-corrected chi connectivity index (χ0v) is 60.8. The Morgan fingerprint density at radius 2 is 0.527 bits per heavy atom. The van der Waals surface area contributed by atoms with Crippen LogP contribution in [0.2, 0.25) is 0 Å². The van der Waals surface area contributed by atoms with Gasteiger partial charge in [-0.2, -0.15) is 0 Å². The molecule has 91 heavy (non-hydrogen) atoms. The first kappa shape index (κ1) is 89.1. The molecule has 0 rings (SSSR count). The summed E-state index contributed by atoms with van der Waals surface area (Å²) in [5, 5.41) is 10.6. The zero-order valence-electron chi connectivity index (χ0n) is 59.0. The van der Waals surface area contributed by atoms with Crippen molar-refractivity contribution in [2.75, 3.05) is 39.6 Å². The average molecular weight is 1340 g/mol. The van der Waals surface area contributed by atoms with Crippen LogP contribution in [0.4, 0.5) is 0 Å². The van der Waals surface area contributed by atoms with Crippen LogP contribution >= 0.6 is 15.6 Å². The molecule has 0 aromatic heterocycles. The molecule has 0 bridgehead atoms. The quantitative estimate of drug-likeness (QED) is 0.0222. The number of unbranched alkanes of at least 4 members (excludes halogenated alkanes) is 43. The molecule has 0 amide bonds. The highest BCUT2D eigenvalue weighted by Gasteiger charge is 2.30. The number of rotatable bonds is 72. The Balaban J connectivity index is 5.22. The Morgan fingerprint density at radius 1 is 0.308 bits per heavy atom. The van der Waals surface area contributed by atoms with Gasteiger partial charge in [-0.1, -0.05) is 324 Å². The summed E-state index contributed by atoms with van der Waals surface area (Å²) in [6, 6.07) is 0. The molecule has 0 aliphatic carbocycles. The third-order valence-corrected chi connectivity index (χ3v) is 19.0. The molecule has 0 aliphatic heterocycles. The highest BCUT2D eigenvalue weighted by atomic mass is 31.2. The van der Waals surface area contributed by atoms with E-state index in [0.717, 1.165) is 95.8 Å². The molecular weight excluding hydrogens is 1200 g/mol. The lowest BCUT2D eigenvalue weighted by Crippen LogP contribution is -2.30. The number of hydrogen-bond donors (Lipinski definition) is 3. The molecule has 0 heterocycles. The molecule has 6 atom stereocenters. The monoisotopic (exact) mass is 1340 g/mol. The molecule has 0 aromatic rings. The third-order valence-electron chi connectivity index (χ3n) is 17.1. The van der Waals surface area contributed by atoms with E-state index in [0.29, 0.717) is 25.7 Å². The highest BCUT2D eigenvalue weighted by Crippen LogP contribution is 2.45. The Bertz CT molecular complexity index is 1760. The average Bonchev–Trinajstić information content (AvgIpc) is 3.43. The summed E-state index contributed by atoms with van der Waals surface area (Å²) >= 11 is 0. The predicted octanol–water partition coefficient (Wildman–Crippen LogP) is 20.9.